The van der Waals surface area contributed by atoms with Gasteiger partial charge in [-0.05, 0) is 0 Å². The fraction of sp³-hybridized carbons (Fsp3) is 0.333. The Labute approximate surface area is 72.3 Å². The van der Waals surface area contributed by atoms with Crippen LogP contribution in [0.3, 0.4) is 0 Å². The van der Waals surface area contributed by atoms with Crippen LogP contribution in [0.15, 0.2) is 0 Å². The maximum absolute atomic E-state index is 10.2. The summed E-state index contributed by atoms with van der Waals surface area (Å²) in [6.07, 6.45) is 0. The summed E-state index contributed by atoms with van der Waals surface area (Å²) in [5.74, 6) is 0.522. The number of nitrogens with one attached hydrogen (secondary N) is 1. The van der Waals surface area contributed by atoms with E-state index in [1.54, 1.807) is 0 Å². The summed E-state index contributed by atoms with van der Waals surface area (Å²) in [4.78, 5) is 10.2. The second-order valence-electron chi connectivity index (χ2n) is 1.12. The number of hydrogen-bond donors (Lipinski definition) is 1. The summed E-state index contributed by atoms with van der Waals surface area (Å²) in [5, 5.41) is 2.47. The van der Waals surface area contributed by atoms with Crippen LogP contribution in [-0.4, -0.2) is 16.0 Å². The summed E-state index contributed by atoms with van der Waals surface area (Å²) in [6.45, 7) is 0. The molecule has 8 heavy (non-hydrogen) atoms. The Balaban J connectivity index is 0.000000490. The van der Waals surface area contributed by atoms with Crippen LogP contribution in [0.25, 0.3) is 0 Å². The van der Waals surface area contributed by atoms with Crippen LogP contribution >= 0.6 is 24.0 Å². The molecule has 0 aromatic rings. The van der Waals surface area contributed by atoms with Gasteiger partial charge < -0.3 is 5.32 Å². The predicted octanol–water partition coefficient (Wildman–Crippen LogP) is 0.132. The normalized spacial score (nSPS) is 17.5. The minimum absolute atomic E-state index is 0. The molecule has 0 unspecified atom stereocenters. The summed E-state index contributed by atoms with van der Waals surface area (Å²) in [6, 6.07) is 0. The summed E-state index contributed by atoms with van der Waals surface area (Å²) >= 11 is 6.00. The van der Waals surface area contributed by atoms with Gasteiger partial charge in [-0.1, -0.05) is 24.0 Å². The second kappa shape index (κ2) is 3.63. The van der Waals surface area contributed by atoms with E-state index in [0.717, 1.165) is 0 Å². The number of rotatable bonds is 0. The zero-order chi connectivity index (χ0) is 5.28. The Morgan fingerprint density at radius 3 is 2.50 bits per heavy atom. The molecular formula is C3H3AgNOS2. The van der Waals surface area contributed by atoms with E-state index in [1.165, 1.54) is 11.8 Å². The molecule has 1 saturated heterocycles. The topological polar surface area (TPSA) is 29.1 Å². The molecule has 0 saturated carbocycles. The van der Waals surface area contributed by atoms with Crippen LogP contribution in [0.5, 0.6) is 0 Å². The van der Waals surface area contributed by atoms with Crippen LogP contribution in [0.1, 0.15) is 0 Å². The third-order valence-corrected chi connectivity index (χ3v) is 1.80. The molecule has 1 N–H and O–H groups in total. The van der Waals surface area contributed by atoms with E-state index >= 15 is 0 Å². The first-order valence-corrected chi connectivity index (χ1v) is 3.15. The van der Waals surface area contributed by atoms with E-state index in [2.05, 4.69) is 17.5 Å². The van der Waals surface area contributed by atoms with Gasteiger partial charge in [-0.25, -0.2) is 0 Å². The van der Waals surface area contributed by atoms with Crippen LogP contribution < -0.4 is 5.32 Å². The van der Waals surface area contributed by atoms with Crippen LogP contribution in [0.2, 0.25) is 0 Å². The van der Waals surface area contributed by atoms with Gasteiger partial charge in [-0.2, -0.15) is 0 Å². The van der Waals surface area contributed by atoms with Gasteiger partial charge in [0.05, 0.1) is 5.75 Å². The fourth-order valence-corrected chi connectivity index (χ4v) is 1.13. The molecule has 1 aliphatic heterocycles. The molecule has 0 bridgehead atoms. The Bertz CT molecular complexity index is 112. The molecule has 49 valence electrons. The second-order valence-corrected chi connectivity index (χ2v) is 2.78. The zero-order valence-electron chi connectivity index (χ0n) is 3.73. The Morgan fingerprint density at radius 2 is 2.38 bits per heavy atom. The predicted molar refractivity (Wildman–Crippen MR) is 33.2 cm³/mol. The number of thiocarbonyl (C=S) groups is 1. The summed E-state index contributed by atoms with van der Waals surface area (Å²) < 4.78 is 0.602. The molecule has 5 heteroatoms. The molecule has 2 nitrogen and oxygen atoms in total. The molecule has 0 aromatic carbocycles. The van der Waals surface area contributed by atoms with Gasteiger partial charge in [0.25, 0.3) is 0 Å². The standard InChI is InChI=1S/C3H3NOS2.Ag/c5-2-1-7-3(6)4-2;/h1H2,(H,4,5,6);. The molecule has 0 aromatic heterocycles. The fourth-order valence-electron chi connectivity index (χ4n) is 0.317. The van der Waals surface area contributed by atoms with Crippen molar-refractivity contribution in [2.24, 2.45) is 0 Å². The number of carbonyl (C=O) groups excluding carboxylic acids is 1. The van der Waals surface area contributed by atoms with Crippen molar-refractivity contribution in [1.29, 1.82) is 0 Å². The minimum atomic E-state index is 0. The van der Waals surface area contributed by atoms with Gasteiger partial charge >= 0.3 is 0 Å². The van der Waals surface area contributed by atoms with Gasteiger partial charge in [0, 0.05) is 22.4 Å². The maximum Gasteiger partial charge on any atom is 0.235 e. The molecule has 1 aliphatic rings. The number of carbonyl (C=O) groups is 1. The molecule has 1 amide bonds. The Kier molecular flexibility index (Phi) is 3.93. The smallest absolute Gasteiger partial charge is 0.235 e. The van der Waals surface area contributed by atoms with E-state index in [9.17, 15) is 4.79 Å². The van der Waals surface area contributed by atoms with E-state index in [-0.39, 0.29) is 28.3 Å². The van der Waals surface area contributed by atoms with Crippen molar-refractivity contribution in [3.05, 3.63) is 0 Å². The first-order valence-electron chi connectivity index (χ1n) is 1.75. The average Bonchev–Trinajstić information content (AvgIpc) is 1.87. The van der Waals surface area contributed by atoms with Gasteiger partial charge in [0.1, 0.15) is 4.32 Å². The average molecular weight is 241 g/mol. The zero-order valence-corrected chi connectivity index (χ0v) is 6.85. The first-order chi connectivity index (χ1) is 3.29. The molecule has 1 heterocycles. The molecule has 1 rings (SSSR count). The Hall–Kier alpha value is 0.650. The molecule has 0 spiro atoms. The summed E-state index contributed by atoms with van der Waals surface area (Å²) in [7, 11) is 0. The van der Waals surface area contributed by atoms with E-state index in [4.69, 9.17) is 0 Å². The van der Waals surface area contributed by atoms with Crippen molar-refractivity contribution in [3.63, 3.8) is 0 Å². The van der Waals surface area contributed by atoms with E-state index < -0.39 is 0 Å². The van der Waals surface area contributed by atoms with Crippen molar-refractivity contribution in [2.75, 3.05) is 5.75 Å². The minimum Gasteiger partial charge on any atom is -0.311 e. The largest absolute Gasteiger partial charge is 0.311 e. The number of thioether (sulfide) groups is 1. The molecule has 0 aliphatic carbocycles. The quantitative estimate of drug-likeness (QED) is 0.483. The third kappa shape index (κ3) is 2.28. The monoisotopic (exact) mass is 240 g/mol. The van der Waals surface area contributed by atoms with E-state index in [1.807, 2.05) is 0 Å². The van der Waals surface area contributed by atoms with Crippen molar-refractivity contribution < 1.29 is 27.2 Å². The molecular weight excluding hydrogens is 238 g/mol. The van der Waals surface area contributed by atoms with Crippen LogP contribution in [-0.2, 0) is 27.2 Å². The number of amides is 1. The maximum atomic E-state index is 10.2. The summed E-state index contributed by atoms with van der Waals surface area (Å²) in [5.41, 5.74) is 0. The van der Waals surface area contributed by atoms with Crippen molar-refractivity contribution in [3.8, 4) is 0 Å². The Morgan fingerprint density at radius 1 is 1.75 bits per heavy atom. The van der Waals surface area contributed by atoms with Gasteiger partial charge in [0.15, 0.2) is 0 Å². The first kappa shape index (κ1) is 8.65. The van der Waals surface area contributed by atoms with Gasteiger partial charge in [0.2, 0.25) is 5.91 Å². The van der Waals surface area contributed by atoms with Crippen LogP contribution in [0.4, 0.5) is 0 Å². The van der Waals surface area contributed by atoms with Gasteiger partial charge in [-0.15, -0.1) is 0 Å². The van der Waals surface area contributed by atoms with Crippen molar-refractivity contribution in [2.45, 2.75) is 0 Å². The molecule has 1 fully saturated rings. The van der Waals surface area contributed by atoms with Gasteiger partial charge in [-0.3, -0.25) is 4.79 Å². The van der Waals surface area contributed by atoms with Crippen molar-refractivity contribution in [1.82, 2.24) is 5.32 Å². The SMILES string of the molecule is O=C1CSC(=S)N1.[Ag]. The molecule has 1 radical (unpaired) electrons. The van der Waals surface area contributed by atoms with E-state index in [0.29, 0.717) is 10.1 Å². The number of hydrogen-bond acceptors (Lipinski definition) is 3. The molecule has 0 atom stereocenters. The van der Waals surface area contributed by atoms with Crippen molar-refractivity contribution >= 4 is 34.2 Å². The van der Waals surface area contributed by atoms with Crippen LogP contribution in [0, 0.1) is 0 Å². The third-order valence-electron chi connectivity index (χ3n) is 0.576.